The first kappa shape index (κ1) is 18.6. The Morgan fingerprint density at radius 1 is 1.26 bits per heavy atom. The van der Waals surface area contributed by atoms with E-state index in [1.807, 2.05) is 17.0 Å². The minimum absolute atomic E-state index is 0.0782. The van der Waals surface area contributed by atoms with Crippen molar-refractivity contribution in [2.24, 2.45) is 0 Å². The average Bonchev–Trinajstić information content (AvgIpc) is 3.08. The Morgan fingerprint density at radius 2 is 2.00 bits per heavy atom. The van der Waals surface area contributed by atoms with Gasteiger partial charge in [0.2, 0.25) is 5.91 Å². The summed E-state index contributed by atoms with van der Waals surface area (Å²) in [5.41, 5.74) is 0.775. The van der Waals surface area contributed by atoms with Crippen LogP contribution >= 0.6 is 0 Å². The summed E-state index contributed by atoms with van der Waals surface area (Å²) in [6, 6.07) is 6.58. The summed E-state index contributed by atoms with van der Waals surface area (Å²) in [5, 5.41) is 24.4. The molecule has 148 valence electrons. The van der Waals surface area contributed by atoms with E-state index in [4.69, 9.17) is 9.47 Å². The number of nitrogens with one attached hydrogen (secondary N) is 1. The maximum absolute atomic E-state index is 11.6. The molecular weight excluding hydrogens is 350 g/mol. The largest absolute Gasteiger partial charge is 0.508 e. The van der Waals surface area contributed by atoms with Crippen molar-refractivity contribution in [2.45, 2.75) is 44.1 Å². The zero-order valence-electron chi connectivity index (χ0n) is 15.5. The lowest BCUT2D eigenvalue weighted by molar-refractivity contribution is -0.187. The molecule has 3 fully saturated rings. The average molecular weight is 377 g/mol. The fourth-order valence-electron chi connectivity index (χ4n) is 4.26. The highest BCUT2D eigenvalue weighted by atomic mass is 16.7. The third kappa shape index (κ3) is 3.68. The lowest BCUT2D eigenvalue weighted by atomic mass is 9.94. The van der Waals surface area contributed by atoms with E-state index in [9.17, 15) is 15.0 Å². The molecule has 4 rings (SSSR count). The number of benzene rings is 1. The Bertz CT molecular complexity index is 679. The number of amides is 1. The van der Waals surface area contributed by atoms with E-state index in [2.05, 4.69) is 10.2 Å². The number of ether oxygens (including phenoxy) is 2. The highest BCUT2D eigenvalue weighted by molar-refractivity contribution is 5.73. The lowest BCUT2D eigenvalue weighted by Crippen LogP contribution is -2.66. The molecule has 0 spiro atoms. The Kier molecular flexibility index (Phi) is 5.34. The first-order valence-electron chi connectivity index (χ1n) is 9.49. The van der Waals surface area contributed by atoms with Crippen molar-refractivity contribution in [3.63, 3.8) is 0 Å². The Labute approximate surface area is 158 Å². The first-order valence-corrected chi connectivity index (χ1v) is 9.49. The number of carbonyl (C=O) groups excluding carboxylic acids is 1. The van der Waals surface area contributed by atoms with Gasteiger partial charge in [-0.15, -0.1) is 0 Å². The molecule has 1 aromatic rings. The normalized spacial score (nSPS) is 34.0. The summed E-state index contributed by atoms with van der Waals surface area (Å²) in [5.74, 6) is 0.308. The van der Waals surface area contributed by atoms with Gasteiger partial charge < -0.3 is 29.9 Å². The molecule has 3 N–H and O–H groups in total. The van der Waals surface area contributed by atoms with Gasteiger partial charge in [-0.05, 0) is 6.07 Å². The molecular formula is C19H27N3O5. The summed E-state index contributed by atoms with van der Waals surface area (Å²) in [4.78, 5) is 15.5. The molecule has 8 nitrogen and oxygen atoms in total. The molecule has 3 heterocycles. The smallest absolute Gasteiger partial charge is 0.219 e. The van der Waals surface area contributed by atoms with E-state index in [1.54, 1.807) is 19.1 Å². The first-order chi connectivity index (χ1) is 13.0. The van der Waals surface area contributed by atoms with Gasteiger partial charge in [-0.25, -0.2) is 0 Å². The number of hydrogen-bond donors (Lipinski definition) is 3. The zero-order valence-corrected chi connectivity index (χ0v) is 15.5. The number of phenols is 1. The molecule has 0 aromatic heterocycles. The zero-order chi connectivity index (χ0) is 19.0. The predicted octanol–water partition coefficient (Wildman–Crippen LogP) is -0.501. The maximum Gasteiger partial charge on any atom is 0.219 e. The molecule has 0 aliphatic carbocycles. The number of aliphatic hydroxyl groups excluding tert-OH is 1. The van der Waals surface area contributed by atoms with Gasteiger partial charge in [0.15, 0.2) is 6.29 Å². The number of rotatable bonds is 4. The van der Waals surface area contributed by atoms with Crippen molar-refractivity contribution in [3.8, 4) is 5.75 Å². The van der Waals surface area contributed by atoms with Gasteiger partial charge in [0.05, 0.1) is 24.8 Å². The van der Waals surface area contributed by atoms with E-state index in [-0.39, 0.29) is 29.8 Å². The molecule has 3 saturated heterocycles. The van der Waals surface area contributed by atoms with Crippen molar-refractivity contribution in [1.82, 2.24) is 15.1 Å². The SMILES string of the molecule is CC(=O)N1CCN([C@H]2[C@@H]3OC[C@@H](O3)[C@@H](NCc3ccccc3O)[C@@H]2O)CC1. The molecule has 27 heavy (non-hydrogen) atoms. The van der Waals surface area contributed by atoms with Crippen molar-refractivity contribution >= 4 is 5.91 Å². The third-order valence-corrected chi connectivity index (χ3v) is 5.83. The number of hydrogen-bond acceptors (Lipinski definition) is 7. The number of carbonyl (C=O) groups is 1. The van der Waals surface area contributed by atoms with Crippen LogP contribution in [0.2, 0.25) is 0 Å². The van der Waals surface area contributed by atoms with Gasteiger partial charge in [0.1, 0.15) is 11.9 Å². The predicted molar refractivity (Wildman–Crippen MR) is 97.0 cm³/mol. The molecule has 0 radical (unpaired) electrons. The number of nitrogens with zero attached hydrogens (tertiary/aromatic N) is 2. The standard InChI is InChI=1S/C19H27N3O5/c1-12(23)21-6-8-22(9-7-21)17-18(25)16(15-11-26-19(17)27-15)20-10-13-4-2-3-5-14(13)24/h2-5,15-20,24-25H,6-11H2,1H3/t15-,16-,17-,18+,19-/m1/s1. The number of aromatic hydroxyl groups is 1. The summed E-state index contributed by atoms with van der Waals surface area (Å²) in [7, 11) is 0. The topological polar surface area (TPSA) is 94.5 Å². The monoisotopic (exact) mass is 377 g/mol. The molecule has 5 atom stereocenters. The number of fused-ring (bicyclic) bond motifs is 2. The number of aliphatic hydroxyl groups is 1. The van der Waals surface area contributed by atoms with Crippen LogP contribution in [0.25, 0.3) is 0 Å². The van der Waals surface area contributed by atoms with Crippen LogP contribution < -0.4 is 5.32 Å². The fraction of sp³-hybridized carbons (Fsp3) is 0.632. The van der Waals surface area contributed by atoms with Crippen LogP contribution in [-0.4, -0.2) is 89.3 Å². The summed E-state index contributed by atoms with van der Waals surface area (Å²) >= 11 is 0. The van der Waals surface area contributed by atoms with Crippen LogP contribution in [0.1, 0.15) is 12.5 Å². The Hall–Kier alpha value is -1.71. The summed E-state index contributed by atoms with van der Waals surface area (Å²) in [6.07, 6.45) is -1.33. The minimum atomic E-state index is -0.661. The van der Waals surface area contributed by atoms with E-state index in [0.29, 0.717) is 39.3 Å². The van der Waals surface area contributed by atoms with Crippen molar-refractivity contribution in [3.05, 3.63) is 29.8 Å². The minimum Gasteiger partial charge on any atom is -0.508 e. The molecule has 0 saturated carbocycles. The molecule has 1 aromatic carbocycles. The van der Waals surface area contributed by atoms with Crippen molar-refractivity contribution < 1.29 is 24.5 Å². The van der Waals surface area contributed by atoms with Crippen LogP contribution in [-0.2, 0) is 20.8 Å². The van der Waals surface area contributed by atoms with E-state index >= 15 is 0 Å². The van der Waals surface area contributed by atoms with E-state index < -0.39 is 12.4 Å². The second-order valence-corrected chi connectivity index (χ2v) is 7.43. The Balaban J connectivity index is 1.43. The summed E-state index contributed by atoms with van der Waals surface area (Å²) in [6.45, 7) is 5.10. The van der Waals surface area contributed by atoms with Crippen LogP contribution in [0.3, 0.4) is 0 Å². The highest BCUT2D eigenvalue weighted by Gasteiger charge is 2.52. The van der Waals surface area contributed by atoms with Gasteiger partial charge >= 0.3 is 0 Å². The fourth-order valence-corrected chi connectivity index (χ4v) is 4.26. The van der Waals surface area contributed by atoms with Crippen LogP contribution in [0.4, 0.5) is 0 Å². The molecule has 1 amide bonds. The Morgan fingerprint density at radius 3 is 2.70 bits per heavy atom. The maximum atomic E-state index is 11.6. The molecule has 3 aliphatic heterocycles. The van der Waals surface area contributed by atoms with E-state index in [0.717, 1.165) is 5.56 Å². The van der Waals surface area contributed by atoms with Crippen molar-refractivity contribution in [2.75, 3.05) is 32.8 Å². The molecule has 8 heteroatoms. The third-order valence-electron chi connectivity index (χ3n) is 5.83. The number of piperazine rings is 1. The second kappa shape index (κ2) is 7.73. The summed E-state index contributed by atoms with van der Waals surface area (Å²) < 4.78 is 11.8. The number of para-hydroxylation sites is 1. The van der Waals surface area contributed by atoms with Gasteiger partial charge in [-0.3, -0.25) is 9.69 Å². The van der Waals surface area contributed by atoms with E-state index in [1.165, 1.54) is 0 Å². The van der Waals surface area contributed by atoms with Crippen molar-refractivity contribution in [1.29, 1.82) is 0 Å². The van der Waals surface area contributed by atoms with Crippen LogP contribution in [0.15, 0.2) is 24.3 Å². The molecule has 2 bridgehead atoms. The lowest BCUT2D eigenvalue weighted by Gasteiger charge is -2.46. The van der Waals surface area contributed by atoms with Gasteiger partial charge in [-0.1, -0.05) is 18.2 Å². The van der Waals surface area contributed by atoms with Gasteiger partial charge in [0, 0.05) is 45.2 Å². The van der Waals surface area contributed by atoms with Crippen LogP contribution in [0, 0.1) is 0 Å². The van der Waals surface area contributed by atoms with Crippen LogP contribution in [0.5, 0.6) is 5.75 Å². The molecule has 0 unspecified atom stereocenters. The highest BCUT2D eigenvalue weighted by Crippen LogP contribution is 2.32. The quantitative estimate of drug-likeness (QED) is 0.651. The van der Waals surface area contributed by atoms with Gasteiger partial charge in [-0.2, -0.15) is 0 Å². The van der Waals surface area contributed by atoms with Gasteiger partial charge in [0.25, 0.3) is 0 Å². The molecule has 3 aliphatic rings. The number of phenolic OH excluding ortho intramolecular Hbond substituents is 1. The second-order valence-electron chi connectivity index (χ2n) is 7.43.